The van der Waals surface area contributed by atoms with E-state index in [0.717, 1.165) is 12.1 Å². The largest absolute Gasteiger partial charge is 0.322 e. The van der Waals surface area contributed by atoms with E-state index in [2.05, 4.69) is 26.2 Å². The fourth-order valence-corrected chi connectivity index (χ4v) is 2.22. The van der Waals surface area contributed by atoms with Gasteiger partial charge in [0.05, 0.1) is 5.69 Å². The number of hydrogen-bond donors (Lipinski definition) is 2. The Morgan fingerprint density at radius 2 is 2.33 bits per heavy atom. The maximum Gasteiger partial charge on any atom is 0.246 e. The Bertz CT molecular complexity index is 633. The van der Waals surface area contributed by atoms with Gasteiger partial charge in [0.25, 0.3) is 0 Å². The van der Waals surface area contributed by atoms with Gasteiger partial charge in [-0.3, -0.25) is 4.79 Å². The van der Waals surface area contributed by atoms with Crippen LogP contribution in [0.4, 0.5) is 10.1 Å². The Labute approximate surface area is 126 Å². The zero-order valence-electron chi connectivity index (χ0n) is 11.0. The molecule has 0 bridgehead atoms. The number of tetrazole rings is 1. The number of nitrogens with zero attached hydrogens (tertiary/aromatic N) is 4. The van der Waals surface area contributed by atoms with Gasteiger partial charge in [0.2, 0.25) is 5.91 Å². The van der Waals surface area contributed by atoms with Crippen LogP contribution in [-0.2, 0) is 24.3 Å². The summed E-state index contributed by atoms with van der Waals surface area (Å²) in [5, 5.41) is 16.2. The van der Waals surface area contributed by atoms with E-state index in [4.69, 9.17) is 0 Å². The van der Waals surface area contributed by atoms with Crippen molar-refractivity contribution in [3.8, 4) is 0 Å². The molecule has 0 radical (unpaired) electrons. The van der Waals surface area contributed by atoms with Crippen LogP contribution < -0.4 is 10.6 Å². The van der Waals surface area contributed by atoms with Gasteiger partial charge in [0.15, 0.2) is 0 Å². The predicted molar refractivity (Wildman–Crippen MR) is 75.5 cm³/mol. The van der Waals surface area contributed by atoms with Crippen molar-refractivity contribution >= 4 is 24.0 Å². The number of aromatic nitrogens is 4. The molecule has 1 aliphatic heterocycles. The van der Waals surface area contributed by atoms with Crippen molar-refractivity contribution in [2.45, 2.75) is 19.5 Å². The van der Waals surface area contributed by atoms with E-state index in [-0.39, 0.29) is 36.4 Å². The summed E-state index contributed by atoms with van der Waals surface area (Å²) in [5.74, 6) is -0.723. The van der Waals surface area contributed by atoms with Crippen LogP contribution in [0.25, 0.3) is 0 Å². The van der Waals surface area contributed by atoms with Gasteiger partial charge in [0.1, 0.15) is 18.7 Å². The molecule has 3 rings (SSSR count). The van der Waals surface area contributed by atoms with Crippen LogP contribution in [0.5, 0.6) is 0 Å². The first kappa shape index (κ1) is 15.3. The third-order valence-electron chi connectivity index (χ3n) is 3.18. The number of benzene rings is 1. The molecule has 9 heteroatoms. The number of fused-ring (bicyclic) bond motifs is 1. The normalized spacial score (nSPS) is 13.2. The average Bonchev–Trinajstić information content (AvgIpc) is 2.95. The molecule has 1 amide bonds. The second-order valence-electron chi connectivity index (χ2n) is 4.55. The lowest BCUT2D eigenvalue weighted by molar-refractivity contribution is -0.117. The summed E-state index contributed by atoms with van der Waals surface area (Å²) in [6, 6.07) is 3.41. The Morgan fingerprint density at radius 1 is 1.48 bits per heavy atom. The molecule has 0 atom stereocenters. The number of anilines is 1. The van der Waals surface area contributed by atoms with Gasteiger partial charge < -0.3 is 10.6 Å². The number of carbonyl (C=O) groups is 1. The van der Waals surface area contributed by atoms with E-state index in [0.29, 0.717) is 18.5 Å². The zero-order valence-corrected chi connectivity index (χ0v) is 11.9. The highest BCUT2D eigenvalue weighted by Crippen LogP contribution is 2.24. The summed E-state index contributed by atoms with van der Waals surface area (Å²) in [6.45, 7) is 1.35. The van der Waals surface area contributed by atoms with Crippen molar-refractivity contribution in [2.75, 3.05) is 11.9 Å². The highest BCUT2D eigenvalue weighted by atomic mass is 35.5. The van der Waals surface area contributed by atoms with Gasteiger partial charge in [-0.25, -0.2) is 9.07 Å². The SMILES string of the molecule is Cl.O=C(Cn1cnnn1)Nc1ccc2c(c1F)CCNC2. The molecule has 2 aromatic rings. The standard InChI is InChI=1S/C12H13FN6O.ClH/c13-12-9-3-4-14-5-8(9)1-2-10(12)16-11(20)6-19-7-15-17-18-19;/h1-2,7,14H,3-6H2,(H,16,20);1H. The Kier molecular flexibility index (Phi) is 4.81. The lowest BCUT2D eigenvalue weighted by Crippen LogP contribution is -2.26. The van der Waals surface area contributed by atoms with Crippen molar-refractivity contribution in [3.05, 3.63) is 35.4 Å². The monoisotopic (exact) mass is 312 g/mol. The summed E-state index contributed by atoms with van der Waals surface area (Å²) in [6.07, 6.45) is 1.95. The quantitative estimate of drug-likeness (QED) is 0.863. The number of amides is 1. The van der Waals surface area contributed by atoms with Crippen LogP contribution >= 0.6 is 12.4 Å². The molecule has 7 nitrogen and oxygen atoms in total. The number of hydrogen-bond acceptors (Lipinski definition) is 5. The van der Waals surface area contributed by atoms with Crippen molar-refractivity contribution in [1.82, 2.24) is 25.5 Å². The van der Waals surface area contributed by atoms with Crippen LogP contribution in [0.1, 0.15) is 11.1 Å². The smallest absolute Gasteiger partial charge is 0.246 e. The first-order chi connectivity index (χ1) is 9.74. The van der Waals surface area contributed by atoms with Gasteiger partial charge >= 0.3 is 0 Å². The van der Waals surface area contributed by atoms with E-state index in [1.54, 1.807) is 6.07 Å². The molecule has 2 N–H and O–H groups in total. The molecule has 2 heterocycles. The average molecular weight is 313 g/mol. The van der Waals surface area contributed by atoms with Gasteiger partial charge in [-0.05, 0) is 40.6 Å². The summed E-state index contributed by atoms with van der Waals surface area (Å²) >= 11 is 0. The molecule has 21 heavy (non-hydrogen) atoms. The van der Waals surface area contributed by atoms with Crippen molar-refractivity contribution in [2.24, 2.45) is 0 Å². The van der Waals surface area contributed by atoms with Crippen molar-refractivity contribution in [3.63, 3.8) is 0 Å². The lowest BCUT2D eigenvalue weighted by atomic mass is 9.99. The number of nitrogens with one attached hydrogen (secondary N) is 2. The molecule has 0 unspecified atom stereocenters. The van der Waals surface area contributed by atoms with E-state index in [1.807, 2.05) is 6.07 Å². The van der Waals surface area contributed by atoms with E-state index < -0.39 is 0 Å². The van der Waals surface area contributed by atoms with E-state index in [1.165, 1.54) is 11.0 Å². The molecule has 0 fully saturated rings. The molecule has 0 saturated carbocycles. The Balaban J connectivity index is 0.00000161. The molecule has 0 spiro atoms. The van der Waals surface area contributed by atoms with Crippen molar-refractivity contribution in [1.29, 1.82) is 0 Å². The van der Waals surface area contributed by atoms with E-state index in [9.17, 15) is 9.18 Å². The maximum atomic E-state index is 14.3. The highest BCUT2D eigenvalue weighted by molar-refractivity contribution is 5.90. The molecule has 0 saturated heterocycles. The zero-order chi connectivity index (χ0) is 13.9. The van der Waals surface area contributed by atoms with Gasteiger partial charge in [-0.15, -0.1) is 17.5 Å². The van der Waals surface area contributed by atoms with Crippen LogP contribution in [0.15, 0.2) is 18.5 Å². The second-order valence-corrected chi connectivity index (χ2v) is 4.55. The van der Waals surface area contributed by atoms with Crippen LogP contribution in [0.2, 0.25) is 0 Å². The number of rotatable bonds is 3. The summed E-state index contributed by atoms with van der Waals surface area (Å²) in [7, 11) is 0. The van der Waals surface area contributed by atoms with Crippen LogP contribution in [-0.4, -0.2) is 32.7 Å². The van der Waals surface area contributed by atoms with Crippen molar-refractivity contribution < 1.29 is 9.18 Å². The number of carbonyl (C=O) groups excluding carboxylic acids is 1. The molecule has 112 valence electrons. The van der Waals surface area contributed by atoms with Gasteiger partial charge in [-0.2, -0.15) is 0 Å². The molecular weight excluding hydrogens is 299 g/mol. The minimum absolute atomic E-state index is 0. The second kappa shape index (κ2) is 6.59. The summed E-state index contributed by atoms with van der Waals surface area (Å²) in [4.78, 5) is 11.8. The minimum atomic E-state index is -0.370. The van der Waals surface area contributed by atoms with Gasteiger partial charge in [0, 0.05) is 6.54 Å². The minimum Gasteiger partial charge on any atom is -0.322 e. The van der Waals surface area contributed by atoms with Crippen LogP contribution in [0.3, 0.4) is 0 Å². The molecule has 1 aromatic carbocycles. The van der Waals surface area contributed by atoms with E-state index >= 15 is 0 Å². The third-order valence-corrected chi connectivity index (χ3v) is 3.18. The first-order valence-electron chi connectivity index (χ1n) is 6.25. The molecule has 1 aromatic heterocycles. The van der Waals surface area contributed by atoms with Crippen LogP contribution in [0, 0.1) is 5.82 Å². The summed E-state index contributed by atoms with van der Waals surface area (Å²) < 4.78 is 15.6. The fourth-order valence-electron chi connectivity index (χ4n) is 2.22. The Morgan fingerprint density at radius 3 is 3.10 bits per heavy atom. The maximum absolute atomic E-state index is 14.3. The number of halogens is 2. The predicted octanol–water partition coefficient (Wildman–Crippen LogP) is 0.518. The van der Waals surface area contributed by atoms with Gasteiger partial charge in [-0.1, -0.05) is 6.07 Å². The topological polar surface area (TPSA) is 84.7 Å². The highest BCUT2D eigenvalue weighted by Gasteiger charge is 2.17. The molecular formula is C12H14ClFN6O. The molecule has 0 aliphatic carbocycles. The summed E-state index contributed by atoms with van der Waals surface area (Å²) in [5.41, 5.74) is 1.81. The lowest BCUT2D eigenvalue weighted by Gasteiger charge is -2.19. The Hall–Kier alpha value is -2.06. The fraction of sp³-hybridized carbons (Fsp3) is 0.333. The molecule has 1 aliphatic rings. The first-order valence-corrected chi connectivity index (χ1v) is 6.25. The third kappa shape index (κ3) is 3.34.